The van der Waals surface area contributed by atoms with Crippen molar-refractivity contribution in [3.05, 3.63) is 11.9 Å². The molecule has 1 fully saturated rings. The first-order valence-corrected chi connectivity index (χ1v) is 5.78. The maximum absolute atomic E-state index is 11.9. The van der Waals surface area contributed by atoms with Crippen molar-refractivity contribution in [1.82, 2.24) is 9.97 Å². The molecule has 0 spiro atoms. The molecule has 7 heteroatoms. The average molecular weight is 261 g/mol. The molecule has 4 nitrogen and oxygen atoms in total. The summed E-state index contributed by atoms with van der Waals surface area (Å²) in [5, 5.41) is 0. The third-order valence-electron chi connectivity index (χ3n) is 2.54. The second-order valence-electron chi connectivity index (χ2n) is 4.33. The van der Waals surface area contributed by atoms with Crippen molar-refractivity contribution in [1.29, 1.82) is 0 Å². The number of nitrogen functional groups attached to an aromatic ring is 1. The number of ether oxygens (including phenoxy) is 1. The SMILES string of the molecule is Nc1cc(OCCCC(F)(F)F)nc(C2CC2)n1. The molecule has 1 aliphatic rings. The van der Waals surface area contributed by atoms with Crippen LogP contribution in [0.4, 0.5) is 19.0 Å². The number of hydrogen-bond donors (Lipinski definition) is 1. The maximum Gasteiger partial charge on any atom is 0.389 e. The fourth-order valence-corrected chi connectivity index (χ4v) is 1.51. The van der Waals surface area contributed by atoms with Crippen LogP contribution >= 0.6 is 0 Å². The molecule has 0 saturated heterocycles. The van der Waals surface area contributed by atoms with Gasteiger partial charge in [-0.25, -0.2) is 4.98 Å². The van der Waals surface area contributed by atoms with Crippen LogP contribution in [0.5, 0.6) is 5.88 Å². The summed E-state index contributed by atoms with van der Waals surface area (Å²) in [7, 11) is 0. The monoisotopic (exact) mass is 261 g/mol. The molecule has 2 N–H and O–H groups in total. The number of nitrogens with zero attached hydrogens (tertiary/aromatic N) is 2. The van der Waals surface area contributed by atoms with E-state index in [2.05, 4.69) is 9.97 Å². The zero-order valence-electron chi connectivity index (χ0n) is 9.70. The largest absolute Gasteiger partial charge is 0.478 e. The van der Waals surface area contributed by atoms with Gasteiger partial charge in [-0.2, -0.15) is 18.2 Å². The van der Waals surface area contributed by atoms with Gasteiger partial charge in [-0.1, -0.05) is 0 Å². The van der Waals surface area contributed by atoms with Gasteiger partial charge in [-0.05, 0) is 19.3 Å². The van der Waals surface area contributed by atoms with Gasteiger partial charge in [0.15, 0.2) is 0 Å². The lowest BCUT2D eigenvalue weighted by molar-refractivity contribution is -0.136. The second-order valence-corrected chi connectivity index (χ2v) is 4.33. The molecule has 1 aliphatic carbocycles. The zero-order valence-corrected chi connectivity index (χ0v) is 9.70. The van der Waals surface area contributed by atoms with Crippen LogP contribution in [0.3, 0.4) is 0 Å². The molecule has 100 valence electrons. The van der Waals surface area contributed by atoms with E-state index in [1.807, 2.05) is 0 Å². The van der Waals surface area contributed by atoms with E-state index >= 15 is 0 Å². The summed E-state index contributed by atoms with van der Waals surface area (Å²) in [5.41, 5.74) is 5.59. The van der Waals surface area contributed by atoms with E-state index in [4.69, 9.17) is 10.5 Å². The van der Waals surface area contributed by atoms with E-state index in [-0.39, 0.29) is 24.7 Å². The molecule has 18 heavy (non-hydrogen) atoms. The Hall–Kier alpha value is -1.53. The molecule has 1 aromatic rings. The number of rotatable bonds is 5. The average Bonchev–Trinajstić information content (AvgIpc) is 3.06. The van der Waals surface area contributed by atoms with Crippen molar-refractivity contribution < 1.29 is 17.9 Å². The molecular weight excluding hydrogens is 247 g/mol. The maximum atomic E-state index is 11.9. The van der Waals surface area contributed by atoms with Crippen LogP contribution in [0.15, 0.2) is 6.07 Å². The first kappa shape index (κ1) is 12.9. The number of aromatic nitrogens is 2. The predicted octanol–water partition coefficient (Wildman–Crippen LogP) is 2.66. The standard InChI is InChI=1S/C11H14F3N3O/c12-11(13,14)4-1-5-18-9-6-8(15)16-10(17-9)7-2-3-7/h6-7H,1-5H2,(H2,15,16,17). The summed E-state index contributed by atoms with van der Waals surface area (Å²) in [5.74, 6) is 1.50. The fraction of sp³-hybridized carbons (Fsp3) is 0.636. The van der Waals surface area contributed by atoms with Crippen molar-refractivity contribution >= 4 is 5.82 Å². The number of nitrogens with two attached hydrogens (primary N) is 1. The van der Waals surface area contributed by atoms with Crippen LogP contribution in [0.1, 0.15) is 37.4 Å². The molecular formula is C11H14F3N3O. The lowest BCUT2D eigenvalue weighted by atomic mass is 10.3. The highest BCUT2D eigenvalue weighted by Gasteiger charge is 2.28. The molecule has 0 aromatic carbocycles. The molecule has 1 aromatic heterocycles. The lowest BCUT2D eigenvalue weighted by Gasteiger charge is -2.08. The van der Waals surface area contributed by atoms with Crippen molar-refractivity contribution in [2.24, 2.45) is 0 Å². The third-order valence-corrected chi connectivity index (χ3v) is 2.54. The summed E-state index contributed by atoms with van der Waals surface area (Å²) in [4.78, 5) is 8.21. The minimum atomic E-state index is -4.15. The smallest absolute Gasteiger partial charge is 0.389 e. The Labute approximate surface area is 102 Å². The summed E-state index contributed by atoms with van der Waals surface area (Å²) in [6.07, 6.45) is -3.05. The highest BCUT2D eigenvalue weighted by atomic mass is 19.4. The van der Waals surface area contributed by atoms with Gasteiger partial charge in [0.1, 0.15) is 11.6 Å². The minimum Gasteiger partial charge on any atom is -0.478 e. The summed E-state index contributed by atoms with van der Waals surface area (Å²) in [6, 6.07) is 1.43. The van der Waals surface area contributed by atoms with Gasteiger partial charge in [0, 0.05) is 18.4 Å². The van der Waals surface area contributed by atoms with Crippen LogP contribution in [-0.2, 0) is 0 Å². The summed E-state index contributed by atoms with van der Waals surface area (Å²) >= 11 is 0. The van der Waals surface area contributed by atoms with E-state index in [1.165, 1.54) is 6.07 Å². The van der Waals surface area contributed by atoms with Crippen LogP contribution < -0.4 is 10.5 Å². The molecule has 0 amide bonds. The normalized spacial score (nSPS) is 15.7. The zero-order chi connectivity index (χ0) is 13.2. The molecule has 0 radical (unpaired) electrons. The molecule has 0 unspecified atom stereocenters. The first-order chi connectivity index (χ1) is 8.44. The van der Waals surface area contributed by atoms with Crippen molar-refractivity contribution in [3.8, 4) is 5.88 Å². The Kier molecular flexibility index (Phi) is 3.58. The Morgan fingerprint density at radius 2 is 2.06 bits per heavy atom. The quantitative estimate of drug-likeness (QED) is 0.828. The number of halogens is 3. The fourth-order valence-electron chi connectivity index (χ4n) is 1.51. The van der Waals surface area contributed by atoms with Crippen molar-refractivity contribution in [2.75, 3.05) is 12.3 Å². The van der Waals surface area contributed by atoms with E-state index in [0.717, 1.165) is 12.8 Å². The lowest BCUT2D eigenvalue weighted by Crippen LogP contribution is -2.10. The van der Waals surface area contributed by atoms with Gasteiger partial charge in [0.2, 0.25) is 5.88 Å². The van der Waals surface area contributed by atoms with Crippen molar-refractivity contribution in [2.45, 2.75) is 37.8 Å². The number of anilines is 1. The first-order valence-electron chi connectivity index (χ1n) is 5.78. The van der Waals surface area contributed by atoms with Crippen LogP contribution in [-0.4, -0.2) is 22.8 Å². The van der Waals surface area contributed by atoms with Gasteiger partial charge < -0.3 is 10.5 Å². The van der Waals surface area contributed by atoms with Crippen LogP contribution in [0.25, 0.3) is 0 Å². The Balaban J connectivity index is 1.85. The van der Waals surface area contributed by atoms with E-state index in [9.17, 15) is 13.2 Å². The Morgan fingerprint density at radius 1 is 1.33 bits per heavy atom. The number of alkyl halides is 3. The Morgan fingerprint density at radius 3 is 2.67 bits per heavy atom. The molecule has 2 rings (SSSR count). The van der Waals surface area contributed by atoms with E-state index in [1.54, 1.807) is 0 Å². The topological polar surface area (TPSA) is 61.0 Å². The van der Waals surface area contributed by atoms with Crippen LogP contribution in [0, 0.1) is 0 Å². The molecule has 0 atom stereocenters. The van der Waals surface area contributed by atoms with Gasteiger partial charge in [0.05, 0.1) is 6.61 Å². The Bertz CT molecular complexity index is 418. The predicted molar refractivity (Wildman–Crippen MR) is 59.2 cm³/mol. The molecule has 0 bridgehead atoms. The molecule has 1 saturated carbocycles. The van der Waals surface area contributed by atoms with Gasteiger partial charge in [-0.3, -0.25) is 0 Å². The van der Waals surface area contributed by atoms with Gasteiger partial charge >= 0.3 is 6.18 Å². The number of hydrogen-bond acceptors (Lipinski definition) is 4. The summed E-state index contributed by atoms with van der Waals surface area (Å²) < 4.78 is 40.9. The van der Waals surface area contributed by atoms with Crippen LogP contribution in [0.2, 0.25) is 0 Å². The van der Waals surface area contributed by atoms with Gasteiger partial charge in [-0.15, -0.1) is 0 Å². The summed E-state index contributed by atoms with van der Waals surface area (Å²) in [6.45, 7) is -0.0277. The molecule has 0 aliphatic heterocycles. The van der Waals surface area contributed by atoms with Gasteiger partial charge in [0.25, 0.3) is 0 Å². The highest BCUT2D eigenvalue weighted by molar-refractivity contribution is 5.34. The van der Waals surface area contributed by atoms with E-state index in [0.29, 0.717) is 11.7 Å². The molecule has 1 heterocycles. The highest BCUT2D eigenvalue weighted by Crippen LogP contribution is 2.38. The third kappa shape index (κ3) is 4.05. The van der Waals surface area contributed by atoms with Crippen molar-refractivity contribution in [3.63, 3.8) is 0 Å². The minimum absolute atomic E-state index is 0.0277. The second kappa shape index (κ2) is 4.99. The van der Waals surface area contributed by atoms with E-state index < -0.39 is 12.6 Å².